The summed E-state index contributed by atoms with van der Waals surface area (Å²) in [7, 11) is 1.71. The predicted molar refractivity (Wildman–Crippen MR) is 114 cm³/mol. The van der Waals surface area contributed by atoms with Gasteiger partial charge in [-0.3, -0.25) is 9.69 Å². The minimum absolute atomic E-state index is 0.167. The molecule has 0 radical (unpaired) electrons. The van der Waals surface area contributed by atoms with Crippen LogP contribution in [-0.4, -0.2) is 48.5 Å². The Morgan fingerprint density at radius 1 is 1.17 bits per heavy atom. The first-order valence-corrected chi connectivity index (χ1v) is 10.9. The summed E-state index contributed by atoms with van der Waals surface area (Å²) in [4.78, 5) is 17.7. The van der Waals surface area contributed by atoms with Crippen molar-refractivity contribution in [3.8, 4) is 5.75 Å². The minimum Gasteiger partial charge on any atom is -0.497 e. The van der Waals surface area contributed by atoms with Gasteiger partial charge >= 0.3 is 0 Å². The normalized spacial score (nSPS) is 28.4. The maximum absolute atomic E-state index is 13.0. The fourth-order valence-corrected chi connectivity index (χ4v) is 5.27. The lowest BCUT2D eigenvalue weighted by molar-refractivity contribution is -0.139. The quantitative estimate of drug-likeness (QED) is 0.741. The van der Waals surface area contributed by atoms with E-state index in [9.17, 15) is 4.79 Å². The van der Waals surface area contributed by atoms with E-state index >= 15 is 0 Å². The Hall–Kier alpha value is -2.04. The van der Waals surface area contributed by atoms with Crippen molar-refractivity contribution in [3.63, 3.8) is 0 Å². The third-order valence-electron chi connectivity index (χ3n) is 6.87. The van der Waals surface area contributed by atoms with Crippen LogP contribution in [0, 0.1) is 11.8 Å². The number of hydrogen-bond acceptors (Lipinski definition) is 3. The number of likely N-dealkylation sites (tertiary alicyclic amines) is 2. The first-order valence-electron chi connectivity index (χ1n) is 10.5. The number of piperidine rings is 1. The van der Waals surface area contributed by atoms with Gasteiger partial charge in [-0.2, -0.15) is 0 Å². The highest BCUT2D eigenvalue weighted by Gasteiger charge is 2.49. The molecule has 0 unspecified atom stereocenters. The van der Waals surface area contributed by atoms with Crippen molar-refractivity contribution in [2.24, 2.45) is 11.8 Å². The summed E-state index contributed by atoms with van der Waals surface area (Å²) >= 11 is 5.99. The molecule has 0 aromatic heterocycles. The van der Waals surface area contributed by atoms with E-state index in [4.69, 9.17) is 16.3 Å². The molecule has 152 valence electrons. The molecule has 5 rings (SSSR count). The number of methoxy groups -OCH3 is 1. The first-order chi connectivity index (χ1) is 14.1. The number of carbonyl (C=O) groups is 1. The molecule has 2 aliphatic heterocycles. The molecule has 4 nitrogen and oxygen atoms in total. The topological polar surface area (TPSA) is 32.8 Å². The molecule has 0 N–H and O–H groups in total. The van der Waals surface area contributed by atoms with Gasteiger partial charge < -0.3 is 9.64 Å². The van der Waals surface area contributed by atoms with Crippen LogP contribution in [0.1, 0.15) is 29.9 Å². The lowest BCUT2D eigenvalue weighted by Gasteiger charge is -2.53. The number of hydrogen-bond donors (Lipinski definition) is 0. The van der Waals surface area contributed by atoms with E-state index in [1.54, 1.807) is 7.11 Å². The summed E-state index contributed by atoms with van der Waals surface area (Å²) < 4.78 is 5.34. The van der Waals surface area contributed by atoms with Gasteiger partial charge in [0.15, 0.2) is 0 Å². The van der Waals surface area contributed by atoms with Crippen molar-refractivity contribution < 1.29 is 9.53 Å². The molecule has 1 amide bonds. The molecule has 4 atom stereocenters. The molecule has 5 heteroatoms. The maximum Gasteiger partial charge on any atom is 0.226 e. The third kappa shape index (κ3) is 3.76. The average Bonchev–Trinajstić information content (AvgIpc) is 3.53. The second-order valence-electron chi connectivity index (χ2n) is 8.68. The predicted octanol–water partition coefficient (Wildman–Crippen LogP) is 4.19. The van der Waals surface area contributed by atoms with Crippen molar-refractivity contribution >= 4 is 17.5 Å². The molecule has 2 heterocycles. The van der Waals surface area contributed by atoms with Crippen molar-refractivity contribution in [2.75, 3.05) is 26.7 Å². The summed E-state index contributed by atoms with van der Waals surface area (Å²) in [5, 5.41) is 0.753. The smallest absolute Gasteiger partial charge is 0.226 e. The van der Waals surface area contributed by atoms with E-state index in [-0.39, 0.29) is 5.92 Å². The zero-order chi connectivity index (χ0) is 20.0. The van der Waals surface area contributed by atoms with Gasteiger partial charge in [-0.05, 0) is 54.2 Å². The second-order valence-corrected chi connectivity index (χ2v) is 9.12. The monoisotopic (exact) mass is 410 g/mol. The minimum atomic E-state index is 0.167. The zero-order valence-electron chi connectivity index (χ0n) is 16.8. The Morgan fingerprint density at radius 3 is 2.76 bits per heavy atom. The lowest BCUT2D eigenvalue weighted by atomic mass is 9.82. The summed E-state index contributed by atoms with van der Waals surface area (Å²) in [5.41, 5.74) is 2.54. The van der Waals surface area contributed by atoms with Crippen LogP contribution in [0.25, 0.3) is 0 Å². The Kier molecular flexibility index (Phi) is 5.00. The van der Waals surface area contributed by atoms with E-state index in [0.717, 1.165) is 49.8 Å². The van der Waals surface area contributed by atoms with Crippen molar-refractivity contribution in [1.29, 1.82) is 0 Å². The molecule has 0 bridgehead atoms. The molecule has 2 saturated heterocycles. The van der Waals surface area contributed by atoms with E-state index in [1.807, 2.05) is 18.2 Å². The fraction of sp³-hybridized carbons (Fsp3) is 0.458. The van der Waals surface area contributed by atoms with E-state index in [2.05, 4.69) is 40.1 Å². The molecule has 2 aromatic rings. The van der Waals surface area contributed by atoms with Gasteiger partial charge in [0.25, 0.3) is 0 Å². The SMILES string of the molecule is COc1cccc(CN2C[C@@H]3CN(C(=O)[C@@H]4C[C@H]4c4ccc(Cl)cc4)CC[C@@H]32)c1. The van der Waals surface area contributed by atoms with Crippen molar-refractivity contribution in [2.45, 2.75) is 31.3 Å². The number of nitrogens with zero attached hydrogens (tertiary/aromatic N) is 2. The van der Waals surface area contributed by atoms with Crippen molar-refractivity contribution in [3.05, 3.63) is 64.7 Å². The second kappa shape index (κ2) is 7.66. The number of ether oxygens (including phenoxy) is 1. The number of rotatable bonds is 5. The lowest BCUT2D eigenvalue weighted by Crippen LogP contribution is -2.63. The molecular formula is C24H27ClN2O2. The van der Waals surface area contributed by atoms with Gasteiger partial charge in [-0.1, -0.05) is 35.9 Å². The Balaban J connectivity index is 1.14. The van der Waals surface area contributed by atoms with Crippen LogP contribution in [0.2, 0.25) is 5.02 Å². The van der Waals surface area contributed by atoms with E-state index in [1.165, 1.54) is 11.1 Å². The zero-order valence-corrected chi connectivity index (χ0v) is 17.5. The highest BCUT2D eigenvalue weighted by Crippen LogP contribution is 2.49. The van der Waals surface area contributed by atoms with Crippen LogP contribution < -0.4 is 4.74 Å². The van der Waals surface area contributed by atoms with Crippen LogP contribution in [0.5, 0.6) is 5.75 Å². The van der Waals surface area contributed by atoms with E-state index < -0.39 is 0 Å². The van der Waals surface area contributed by atoms with Crippen LogP contribution in [0.3, 0.4) is 0 Å². The molecule has 1 saturated carbocycles. The summed E-state index contributed by atoms with van der Waals surface area (Å²) in [6, 6.07) is 16.9. The number of benzene rings is 2. The average molecular weight is 411 g/mol. The van der Waals surface area contributed by atoms with Gasteiger partial charge in [-0.15, -0.1) is 0 Å². The molecule has 3 fully saturated rings. The Bertz CT molecular complexity index is 900. The van der Waals surface area contributed by atoms with Gasteiger partial charge in [-0.25, -0.2) is 0 Å². The first kappa shape index (κ1) is 19.0. The third-order valence-corrected chi connectivity index (χ3v) is 7.12. The summed E-state index contributed by atoms with van der Waals surface area (Å²) in [5.74, 6) is 2.43. The highest BCUT2D eigenvalue weighted by atomic mass is 35.5. The highest BCUT2D eigenvalue weighted by molar-refractivity contribution is 6.30. The molecule has 1 aliphatic carbocycles. The summed E-state index contributed by atoms with van der Waals surface area (Å²) in [6.07, 6.45) is 2.06. The van der Waals surface area contributed by atoms with Crippen LogP contribution in [-0.2, 0) is 11.3 Å². The maximum atomic E-state index is 13.0. The standard InChI is InChI=1S/C24H27ClN2O2/c1-29-20-4-2-3-16(11-20)13-27-15-18-14-26(10-9-23(18)27)24(28)22-12-21(22)17-5-7-19(25)8-6-17/h2-8,11,18,21-23H,9-10,12-15H2,1H3/t18-,21-,22+,23-/m0/s1. The molecule has 29 heavy (non-hydrogen) atoms. The number of carbonyl (C=O) groups excluding carboxylic acids is 1. The van der Waals surface area contributed by atoms with Crippen LogP contribution >= 0.6 is 11.6 Å². The molecule has 0 spiro atoms. The van der Waals surface area contributed by atoms with Gasteiger partial charge in [0.1, 0.15) is 5.75 Å². The Labute approximate surface area is 177 Å². The Morgan fingerprint density at radius 2 is 2.00 bits per heavy atom. The van der Waals surface area contributed by atoms with Crippen LogP contribution in [0.4, 0.5) is 0 Å². The summed E-state index contributed by atoms with van der Waals surface area (Å²) in [6.45, 7) is 3.85. The van der Waals surface area contributed by atoms with Gasteiger partial charge in [0.05, 0.1) is 7.11 Å². The number of halogens is 1. The van der Waals surface area contributed by atoms with Crippen LogP contribution in [0.15, 0.2) is 48.5 Å². The number of amides is 1. The number of fused-ring (bicyclic) bond motifs is 1. The molecular weight excluding hydrogens is 384 g/mol. The van der Waals surface area contributed by atoms with Gasteiger partial charge in [0, 0.05) is 49.1 Å². The van der Waals surface area contributed by atoms with E-state index in [0.29, 0.717) is 23.8 Å². The largest absolute Gasteiger partial charge is 0.497 e. The van der Waals surface area contributed by atoms with Crippen molar-refractivity contribution in [1.82, 2.24) is 9.80 Å². The molecule has 3 aliphatic rings. The molecule has 2 aromatic carbocycles. The van der Waals surface area contributed by atoms with Gasteiger partial charge in [0.2, 0.25) is 5.91 Å². The fourth-order valence-electron chi connectivity index (χ4n) is 5.15.